The Morgan fingerprint density at radius 1 is 0.483 bits per heavy atom. The van der Waals surface area contributed by atoms with Gasteiger partial charge in [0.05, 0.1) is 41.3 Å². The quantitative estimate of drug-likeness (QED) is 0.0203. The maximum Gasteiger partial charge on any atom is 0.530 e. The molecular weight excluding hydrogens is 1570 g/mol. The highest BCUT2D eigenvalue weighted by atomic mass is 35.5. The van der Waals surface area contributed by atoms with Crippen LogP contribution >= 0.6 is 38.7 Å². The molecule has 0 saturated carbocycles. The van der Waals surface area contributed by atoms with Crippen LogP contribution in [0.25, 0.3) is 11.0 Å². The summed E-state index contributed by atoms with van der Waals surface area (Å²) < 4.78 is 103. The van der Waals surface area contributed by atoms with Gasteiger partial charge in [-0.3, -0.25) is 9.05 Å². The molecule has 6 aromatic heterocycles. The van der Waals surface area contributed by atoms with Crippen molar-refractivity contribution in [1.82, 2.24) is 58.3 Å². The van der Waals surface area contributed by atoms with E-state index in [1.807, 2.05) is 0 Å². The molecule has 6 N–H and O–H groups in total. The molecule has 0 aliphatic carbocycles. The Labute approximate surface area is 689 Å². The van der Waals surface area contributed by atoms with Gasteiger partial charge in [0.15, 0.2) is 23.2 Å². The number of aliphatic hydroxyl groups is 2. The number of aliphatic hydroxyl groups excluding tert-OH is 2. The van der Waals surface area contributed by atoms with Gasteiger partial charge in [-0.25, -0.2) is 38.1 Å². The Hall–Kier alpha value is -7.30. The van der Waals surface area contributed by atoms with Crippen LogP contribution in [0.5, 0.6) is 11.5 Å². The maximum absolute atomic E-state index is 14.1. The molecule has 4 saturated heterocycles. The molecule has 2 aromatic carbocycles. The zero-order valence-corrected chi connectivity index (χ0v) is 70.9. The Kier molecular flexibility index (Phi) is 37.0. The number of para-hydroxylation sites is 2. The summed E-state index contributed by atoms with van der Waals surface area (Å²) in [5, 5.41) is 55.6. The molecule has 4 fully saturated rings. The minimum atomic E-state index is -4.28. The third kappa shape index (κ3) is 25.4. The summed E-state index contributed by atoms with van der Waals surface area (Å²) in [7, 11) is -7.95. The van der Waals surface area contributed by atoms with Gasteiger partial charge in [0, 0.05) is 33.0 Å². The van der Waals surface area contributed by atoms with Gasteiger partial charge < -0.3 is 68.6 Å². The van der Waals surface area contributed by atoms with E-state index in [-0.39, 0.29) is 48.8 Å². The van der Waals surface area contributed by atoms with E-state index in [2.05, 4.69) is 66.3 Å². The lowest BCUT2D eigenvalue weighted by atomic mass is 9.92. The van der Waals surface area contributed by atoms with Crippen molar-refractivity contribution in [1.29, 1.82) is 10.5 Å². The first-order valence-electron chi connectivity index (χ1n) is 40.7. The first-order chi connectivity index (χ1) is 56.1. The molecule has 36 heteroatoms. The standard InChI is InChI=1S/C38H55ClN5O8P.C17H36O2.C15H17N5O4.C10H8ClN6O2P/c1-4-5-6-7-8-9-10-11-12-13-14-17-23-46-24-18-25-47-53(45,52-31-20-16-15-19-29(31)39)48-26-32-34-35(51-37(2,3)50-34)38(27-40,49-32)33-22-21-30-36(41)42-28-43-44(30)33;1-2-3-4-5-6-7-8-9-10-11-12-13-16-19-17-14-15-18;1-14(2)23-11-9(5-21)22-15(6-16,12(11)24-14)10-4-3-8-13(17)18-7-19-20(8)10;11-9-3-1-2-4-10(9)19-20(18,16-7-12-5-14-16)17-8-13-6-15-17/h15-16,19-22,28,32,34-35H,4-14,17-18,23-26H2,1-3H3,(H2,41,42,43);18H,2-17H2,1H3;3-4,7,9,11-12,21H,5H2,1-2H3,(H2,17,18,19);1-8H/t32-,34-,35-,38+,53?;;9-,11-,12-,15+;/m1.1./s1. The van der Waals surface area contributed by atoms with E-state index in [9.17, 15) is 24.8 Å². The molecule has 0 radical (unpaired) electrons. The van der Waals surface area contributed by atoms with Crippen LogP contribution in [0.4, 0.5) is 11.6 Å². The number of nitrogens with two attached hydrogens (primary N) is 2. The zero-order valence-electron chi connectivity index (χ0n) is 67.6. The van der Waals surface area contributed by atoms with Crippen molar-refractivity contribution in [2.75, 3.05) is 64.3 Å². The van der Waals surface area contributed by atoms with Crippen LogP contribution < -0.4 is 20.5 Å². The summed E-state index contributed by atoms with van der Waals surface area (Å²) in [5.74, 6) is -1.01. The highest BCUT2D eigenvalue weighted by molar-refractivity contribution is 7.55. The van der Waals surface area contributed by atoms with Gasteiger partial charge in [-0.2, -0.15) is 20.7 Å². The van der Waals surface area contributed by atoms with Gasteiger partial charge in [0.2, 0.25) is 11.2 Å². The normalized spacial score (nSPS) is 21.5. The van der Waals surface area contributed by atoms with Crippen LogP contribution in [-0.4, -0.2) is 170 Å². The molecule has 8 aromatic rings. The number of anilines is 2. The van der Waals surface area contributed by atoms with Crippen LogP contribution in [0, 0.1) is 22.7 Å². The molecule has 12 rings (SSSR count). The average Bonchev–Trinajstić information content (AvgIpc) is 1.56. The summed E-state index contributed by atoms with van der Waals surface area (Å²) in [6, 6.07) is 24.6. The minimum absolute atomic E-state index is 0.0454. The number of aromatic nitrogens is 12. The van der Waals surface area contributed by atoms with Crippen LogP contribution in [0.15, 0.2) is 111 Å². The van der Waals surface area contributed by atoms with Crippen molar-refractivity contribution < 1.29 is 75.3 Å². The lowest BCUT2D eigenvalue weighted by molar-refractivity contribution is -0.204. The van der Waals surface area contributed by atoms with Crippen molar-refractivity contribution in [2.24, 2.45) is 0 Å². The van der Waals surface area contributed by atoms with Crippen LogP contribution in [-0.2, 0) is 67.3 Å². The van der Waals surface area contributed by atoms with Crippen LogP contribution in [0.2, 0.25) is 10.0 Å². The molecule has 0 spiro atoms. The van der Waals surface area contributed by atoms with E-state index < -0.39 is 74.9 Å². The Morgan fingerprint density at radius 2 is 0.888 bits per heavy atom. The minimum Gasteiger partial charge on any atom is -0.410 e. The first-order valence-corrected chi connectivity index (χ1v) is 44.4. The highest BCUT2D eigenvalue weighted by Crippen LogP contribution is 2.55. The predicted molar refractivity (Wildman–Crippen MR) is 436 cm³/mol. The Morgan fingerprint density at radius 3 is 1.30 bits per heavy atom. The van der Waals surface area contributed by atoms with Gasteiger partial charge in [0.1, 0.15) is 109 Å². The third-order valence-electron chi connectivity index (χ3n) is 19.9. The number of phosphoric acid groups is 1. The number of hydrogen-bond acceptors (Lipinski definition) is 28. The molecule has 10 heterocycles. The lowest BCUT2D eigenvalue weighted by Gasteiger charge is -2.29. The predicted octanol–water partition coefficient (Wildman–Crippen LogP) is 16.1. The Balaban J connectivity index is 0.000000200. The number of nitrogen functional groups attached to an aromatic ring is 2. The third-order valence-corrected chi connectivity index (χ3v) is 23.8. The van der Waals surface area contributed by atoms with E-state index in [1.165, 1.54) is 188 Å². The second-order valence-electron chi connectivity index (χ2n) is 29.7. The molecule has 116 heavy (non-hydrogen) atoms. The molecule has 4 aliphatic rings. The first kappa shape index (κ1) is 92.6. The number of halogens is 2. The van der Waals surface area contributed by atoms with Crippen molar-refractivity contribution in [3.63, 3.8) is 0 Å². The van der Waals surface area contributed by atoms with Crippen molar-refractivity contribution in [3.05, 3.63) is 132 Å². The largest absolute Gasteiger partial charge is 0.530 e. The fraction of sp³-hybridized carbons (Fsp3) is 0.625. The van der Waals surface area contributed by atoms with Crippen molar-refractivity contribution >= 4 is 61.4 Å². The van der Waals surface area contributed by atoms with Gasteiger partial charge in [-0.15, -0.1) is 19.1 Å². The Bertz CT molecular complexity index is 4350. The highest BCUT2D eigenvalue weighted by Gasteiger charge is 2.67. The number of phosphoric ester groups is 1. The summed E-state index contributed by atoms with van der Waals surface area (Å²) in [6.07, 6.45) is 36.4. The van der Waals surface area contributed by atoms with E-state index in [0.717, 1.165) is 34.8 Å². The second kappa shape index (κ2) is 46.3. The van der Waals surface area contributed by atoms with E-state index in [1.54, 1.807) is 100 Å². The molecule has 9 atom stereocenters. The molecule has 0 amide bonds. The summed E-state index contributed by atoms with van der Waals surface area (Å²) in [4.78, 5) is 15.5. The summed E-state index contributed by atoms with van der Waals surface area (Å²) in [5.41, 5.74) is 10.7. The monoisotopic (exact) mass is 1690 g/mol. The number of fused-ring (bicyclic) bond motifs is 4. The number of nitriles is 2. The maximum atomic E-state index is 14.1. The van der Waals surface area contributed by atoms with E-state index >= 15 is 0 Å². The molecule has 0 bridgehead atoms. The molecule has 1 unspecified atom stereocenters. The summed E-state index contributed by atoms with van der Waals surface area (Å²) >= 11 is 12.4. The smallest absolute Gasteiger partial charge is 0.410 e. The zero-order chi connectivity index (χ0) is 82.9. The fourth-order valence-electron chi connectivity index (χ4n) is 14.1. The van der Waals surface area contributed by atoms with E-state index in [4.69, 9.17) is 95.8 Å². The fourth-order valence-corrected chi connectivity index (χ4v) is 17.3. The lowest BCUT2D eigenvalue weighted by Crippen LogP contribution is -2.40. The number of benzene rings is 2. The topological polar surface area (TPSA) is 407 Å². The number of hydrogen-bond donors (Lipinski definition) is 4. The van der Waals surface area contributed by atoms with Crippen molar-refractivity contribution in [3.8, 4) is 23.6 Å². The van der Waals surface area contributed by atoms with Gasteiger partial charge in [-0.05, 0) is 102 Å². The SMILES string of the molecule is CC1(C)O[C@H]2[C@@H](O1)[C@](C#N)(c1ccc3c(N)ncnn13)O[C@@H]2CO.CCCCCCCCCCCCCCOCCCO.CCCCCCCCCCCCCCOCCCOP(=O)(OC[C@H]1O[C@@](C#N)(c2ccc3c(N)ncnn23)[C@@H]2OC(C)(C)O[C@@H]21)Oc1ccccc1Cl.O=P(Oc1ccccc1Cl)(n1cncn1)n1cncn1. The van der Waals surface area contributed by atoms with Crippen LogP contribution in [0.1, 0.15) is 220 Å². The number of rotatable bonds is 46. The van der Waals surface area contributed by atoms with Gasteiger partial charge in [0.25, 0.3) is 0 Å². The number of ether oxygens (including phenoxy) is 8. The van der Waals surface area contributed by atoms with E-state index in [0.29, 0.717) is 59.5 Å². The molecular formula is C80H116Cl2N16O16P2. The second-order valence-corrected chi connectivity index (χ2v) is 34.1. The van der Waals surface area contributed by atoms with Gasteiger partial charge >= 0.3 is 15.5 Å². The number of nitrogens with zero attached hydrogens (tertiary/aromatic N) is 14. The summed E-state index contributed by atoms with van der Waals surface area (Å²) in [6.45, 7) is 13.9. The van der Waals surface area contributed by atoms with Crippen molar-refractivity contribution in [2.45, 2.75) is 268 Å². The molecule has 32 nitrogen and oxygen atoms in total. The molecule has 636 valence electrons. The average molecular weight is 1690 g/mol. The molecule has 4 aliphatic heterocycles. The van der Waals surface area contributed by atoms with Gasteiger partial charge in [-0.1, -0.05) is 203 Å². The number of unbranched alkanes of at least 4 members (excludes halogenated alkanes) is 22. The van der Waals surface area contributed by atoms with Crippen LogP contribution in [0.3, 0.4) is 0 Å².